The predicted molar refractivity (Wildman–Crippen MR) is 71.6 cm³/mol. The maximum atomic E-state index is 11.9. The molecule has 1 fully saturated rings. The Morgan fingerprint density at radius 3 is 2.24 bits per heavy atom. The van der Waals surface area contributed by atoms with E-state index in [2.05, 4.69) is 26.1 Å². The highest BCUT2D eigenvalue weighted by atomic mass is 16.1. The molecule has 0 spiro atoms. The Kier molecular flexibility index (Phi) is 5.44. The first-order valence-electron chi connectivity index (χ1n) is 6.98. The molecule has 0 radical (unpaired) electrons. The van der Waals surface area contributed by atoms with Crippen LogP contribution in [0.5, 0.6) is 0 Å². The van der Waals surface area contributed by atoms with Gasteiger partial charge in [0.1, 0.15) is 0 Å². The zero-order chi connectivity index (χ0) is 12.9. The summed E-state index contributed by atoms with van der Waals surface area (Å²) in [5.74, 6) is 1.49. The smallest absolute Gasteiger partial charge is 0.220 e. The average Bonchev–Trinajstić information content (AvgIpc) is 2.29. The van der Waals surface area contributed by atoms with Gasteiger partial charge in [-0.2, -0.15) is 0 Å². The van der Waals surface area contributed by atoms with E-state index in [1.54, 1.807) is 0 Å². The van der Waals surface area contributed by atoms with Crippen molar-refractivity contribution in [3.05, 3.63) is 0 Å². The van der Waals surface area contributed by atoms with Crippen LogP contribution in [0.1, 0.15) is 59.3 Å². The lowest BCUT2D eigenvalue weighted by Gasteiger charge is -2.29. The number of hydrogen-bond acceptors (Lipinski definition) is 2. The third kappa shape index (κ3) is 5.07. The molecule has 1 aliphatic carbocycles. The standard InChI is InChI=1S/C14H28N2O/c1-4-14(2,3)16-13(17)9-11-5-7-12(10-15)8-6-11/h11-12H,4-10,15H2,1-3H3,(H,16,17). The number of carbonyl (C=O) groups is 1. The molecule has 3 heteroatoms. The van der Waals surface area contributed by atoms with Gasteiger partial charge >= 0.3 is 0 Å². The van der Waals surface area contributed by atoms with Crippen LogP contribution in [0, 0.1) is 11.8 Å². The minimum absolute atomic E-state index is 0.0639. The van der Waals surface area contributed by atoms with Crippen LogP contribution in [0.25, 0.3) is 0 Å². The second kappa shape index (κ2) is 6.39. The molecule has 17 heavy (non-hydrogen) atoms. The summed E-state index contributed by atoms with van der Waals surface area (Å²) >= 11 is 0. The van der Waals surface area contributed by atoms with Crippen LogP contribution in [-0.2, 0) is 4.79 Å². The molecule has 0 aliphatic heterocycles. The Hall–Kier alpha value is -0.570. The lowest BCUT2D eigenvalue weighted by molar-refractivity contribution is -0.123. The summed E-state index contributed by atoms with van der Waals surface area (Å²) in [6.07, 6.45) is 6.40. The quantitative estimate of drug-likeness (QED) is 0.775. The number of carbonyl (C=O) groups excluding carboxylic acids is 1. The van der Waals surface area contributed by atoms with E-state index >= 15 is 0 Å². The van der Waals surface area contributed by atoms with Crippen molar-refractivity contribution in [2.45, 2.75) is 64.8 Å². The van der Waals surface area contributed by atoms with Crippen molar-refractivity contribution in [3.63, 3.8) is 0 Å². The molecule has 1 rings (SSSR count). The summed E-state index contributed by atoms with van der Waals surface area (Å²) in [5, 5.41) is 3.11. The summed E-state index contributed by atoms with van der Waals surface area (Å²) in [7, 11) is 0. The molecule has 0 saturated heterocycles. The maximum Gasteiger partial charge on any atom is 0.220 e. The molecule has 1 amide bonds. The van der Waals surface area contributed by atoms with E-state index in [4.69, 9.17) is 5.73 Å². The average molecular weight is 240 g/mol. The normalized spacial score (nSPS) is 25.6. The Labute approximate surface area is 106 Å². The maximum absolute atomic E-state index is 11.9. The van der Waals surface area contributed by atoms with Crippen LogP contribution in [-0.4, -0.2) is 18.0 Å². The molecule has 3 nitrogen and oxygen atoms in total. The molecule has 100 valence electrons. The zero-order valence-corrected chi connectivity index (χ0v) is 11.6. The van der Waals surface area contributed by atoms with Gasteiger partial charge in [-0.05, 0) is 64.3 Å². The Morgan fingerprint density at radius 2 is 1.76 bits per heavy atom. The van der Waals surface area contributed by atoms with Gasteiger partial charge in [0.2, 0.25) is 5.91 Å². The lowest BCUT2D eigenvalue weighted by Crippen LogP contribution is -2.43. The molecule has 0 atom stereocenters. The van der Waals surface area contributed by atoms with Gasteiger partial charge < -0.3 is 11.1 Å². The molecule has 3 N–H and O–H groups in total. The van der Waals surface area contributed by atoms with Crippen molar-refractivity contribution >= 4 is 5.91 Å². The molecule has 0 aromatic carbocycles. The van der Waals surface area contributed by atoms with Crippen molar-refractivity contribution in [2.24, 2.45) is 17.6 Å². The van der Waals surface area contributed by atoms with E-state index in [1.807, 2.05) is 0 Å². The third-order valence-electron chi connectivity index (χ3n) is 4.14. The van der Waals surface area contributed by atoms with Gasteiger partial charge in [0, 0.05) is 12.0 Å². The van der Waals surface area contributed by atoms with E-state index in [-0.39, 0.29) is 11.4 Å². The van der Waals surface area contributed by atoms with Gasteiger partial charge in [0.25, 0.3) is 0 Å². The third-order valence-corrected chi connectivity index (χ3v) is 4.14. The van der Waals surface area contributed by atoms with Gasteiger partial charge in [-0.1, -0.05) is 6.92 Å². The topological polar surface area (TPSA) is 55.1 Å². The van der Waals surface area contributed by atoms with Crippen molar-refractivity contribution in [1.29, 1.82) is 0 Å². The Bertz CT molecular complexity index is 243. The van der Waals surface area contributed by atoms with Gasteiger partial charge in [-0.3, -0.25) is 4.79 Å². The minimum Gasteiger partial charge on any atom is -0.351 e. The highest BCUT2D eigenvalue weighted by molar-refractivity contribution is 5.76. The van der Waals surface area contributed by atoms with Crippen molar-refractivity contribution in [3.8, 4) is 0 Å². The molecular weight excluding hydrogens is 212 g/mol. The first kappa shape index (κ1) is 14.5. The van der Waals surface area contributed by atoms with E-state index in [0.717, 1.165) is 13.0 Å². The lowest BCUT2D eigenvalue weighted by atomic mass is 9.80. The summed E-state index contributed by atoms with van der Waals surface area (Å²) in [5.41, 5.74) is 5.61. The summed E-state index contributed by atoms with van der Waals surface area (Å²) < 4.78 is 0. The van der Waals surface area contributed by atoms with E-state index in [0.29, 0.717) is 18.3 Å². The number of nitrogens with one attached hydrogen (secondary N) is 1. The van der Waals surface area contributed by atoms with Crippen molar-refractivity contribution in [1.82, 2.24) is 5.32 Å². The molecule has 0 unspecified atom stereocenters. The van der Waals surface area contributed by atoms with Crippen LogP contribution >= 0.6 is 0 Å². The van der Waals surface area contributed by atoms with Crippen LogP contribution in [0.15, 0.2) is 0 Å². The number of amides is 1. The van der Waals surface area contributed by atoms with Gasteiger partial charge in [-0.25, -0.2) is 0 Å². The molecular formula is C14H28N2O. The van der Waals surface area contributed by atoms with Gasteiger partial charge in [-0.15, -0.1) is 0 Å². The summed E-state index contributed by atoms with van der Waals surface area (Å²) in [6.45, 7) is 7.07. The monoisotopic (exact) mass is 240 g/mol. The molecule has 0 bridgehead atoms. The molecule has 0 aromatic rings. The summed E-state index contributed by atoms with van der Waals surface area (Å²) in [4.78, 5) is 11.9. The number of rotatable bonds is 5. The van der Waals surface area contributed by atoms with Gasteiger partial charge in [0.05, 0.1) is 0 Å². The predicted octanol–water partition coefficient (Wildman–Crippen LogP) is 2.45. The summed E-state index contributed by atoms with van der Waals surface area (Å²) in [6, 6.07) is 0. The largest absolute Gasteiger partial charge is 0.351 e. The SMILES string of the molecule is CCC(C)(C)NC(=O)CC1CCC(CN)CC1. The highest BCUT2D eigenvalue weighted by Gasteiger charge is 2.24. The van der Waals surface area contributed by atoms with Crippen LogP contribution in [0.4, 0.5) is 0 Å². The van der Waals surface area contributed by atoms with Crippen LogP contribution < -0.4 is 11.1 Å². The van der Waals surface area contributed by atoms with E-state index in [1.165, 1.54) is 25.7 Å². The minimum atomic E-state index is -0.0639. The van der Waals surface area contributed by atoms with Gasteiger partial charge in [0.15, 0.2) is 0 Å². The van der Waals surface area contributed by atoms with Crippen molar-refractivity contribution in [2.75, 3.05) is 6.54 Å². The Balaban J connectivity index is 2.28. The second-order valence-electron chi connectivity index (χ2n) is 6.11. The first-order chi connectivity index (χ1) is 7.96. The number of nitrogens with two attached hydrogens (primary N) is 1. The first-order valence-corrected chi connectivity index (χ1v) is 6.98. The van der Waals surface area contributed by atoms with E-state index < -0.39 is 0 Å². The fourth-order valence-corrected chi connectivity index (χ4v) is 2.45. The van der Waals surface area contributed by atoms with Crippen LogP contribution in [0.3, 0.4) is 0 Å². The van der Waals surface area contributed by atoms with E-state index in [9.17, 15) is 4.79 Å². The van der Waals surface area contributed by atoms with Crippen LogP contribution in [0.2, 0.25) is 0 Å². The Morgan fingerprint density at radius 1 is 1.24 bits per heavy atom. The molecule has 0 aromatic heterocycles. The molecule has 0 heterocycles. The number of hydrogen-bond donors (Lipinski definition) is 2. The fraction of sp³-hybridized carbons (Fsp3) is 0.929. The zero-order valence-electron chi connectivity index (χ0n) is 11.6. The molecule has 1 aliphatic rings. The highest BCUT2D eigenvalue weighted by Crippen LogP contribution is 2.30. The second-order valence-corrected chi connectivity index (χ2v) is 6.11. The van der Waals surface area contributed by atoms with Crippen molar-refractivity contribution < 1.29 is 4.79 Å². The molecule has 1 saturated carbocycles. The fourth-order valence-electron chi connectivity index (χ4n) is 2.45.